The minimum absolute atomic E-state index is 0.0241. The van der Waals surface area contributed by atoms with Crippen molar-refractivity contribution in [1.29, 1.82) is 0 Å². The van der Waals surface area contributed by atoms with Gasteiger partial charge in [-0.15, -0.1) is 0 Å². The van der Waals surface area contributed by atoms with E-state index in [-0.39, 0.29) is 10.5 Å². The quantitative estimate of drug-likeness (QED) is 0.930. The number of hydrogen-bond donors (Lipinski definition) is 1. The first kappa shape index (κ1) is 16.0. The summed E-state index contributed by atoms with van der Waals surface area (Å²) in [4.78, 5) is 11.3. The zero-order valence-corrected chi connectivity index (χ0v) is 13.5. The molecule has 0 heterocycles. The first-order valence-corrected chi connectivity index (χ1v) is 8.84. The fourth-order valence-electron chi connectivity index (χ4n) is 3.35. The van der Waals surface area contributed by atoms with Gasteiger partial charge in [0.1, 0.15) is 0 Å². The number of benzene rings is 1. The van der Waals surface area contributed by atoms with E-state index in [1.807, 2.05) is 0 Å². The second-order valence-electron chi connectivity index (χ2n) is 6.37. The van der Waals surface area contributed by atoms with Crippen molar-refractivity contribution in [2.75, 3.05) is 0 Å². The predicted molar refractivity (Wildman–Crippen MR) is 81.3 cm³/mol. The van der Waals surface area contributed by atoms with Crippen LogP contribution < -0.4 is 0 Å². The molecule has 2 atom stereocenters. The van der Waals surface area contributed by atoms with E-state index < -0.39 is 21.1 Å². The summed E-state index contributed by atoms with van der Waals surface area (Å²) in [6, 6.07) is 4.33. The van der Waals surface area contributed by atoms with E-state index in [1.54, 1.807) is 13.0 Å². The van der Waals surface area contributed by atoms with Crippen LogP contribution >= 0.6 is 0 Å². The van der Waals surface area contributed by atoms with Crippen molar-refractivity contribution < 1.29 is 18.3 Å². The molecule has 1 aromatic carbocycles. The van der Waals surface area contributed by atoms with Crippen molar-refractivity contribution in [2.45, 2.75) is 50.2 Å². The molecule has 1 aromatic rings. The SMILES string of the molecule is Cc1ccc(C(=O)O)cc1S(=O)(=O)C1CC(C)CC(C)C1. The molecule has 1 aliphatic rings. The number of carboxylic acid groups (broad SMARTS) is 1. The number of carboxylic acids is 1. The topological polar surface area (TPSA) is 71.4 Å². The van der Waals surface area contributed by atoms with Gasteiger partial charge in [-0.05, 0) is 55.7 Å². The molecule has 0 saturated heterocycles. The molecule has 5 heteroatoms. The lowest BCUT2D eigenvalue weighted by molar-refractivity contribution is 0.0696. The lowest BCUT2D eigenvalue weighted by atomic mass is 9.83. The van der Waals surface area contributed by atoms with Crippen LogP contribution in [0.25, 0.3) is 0 Å². The predicted octanol–water partition coefficient (Wildman–Crippen LogP) is 3.29. The molecule has 2 unspecified atom stereocenters. The second kappa shape index (κ2) is 5.79. The highest BCUT2D eigenvalue weighted by Gasteiger charge is 2.35. The van der Waals surface area contributed by atoms with Gasteiger partial charge in [-0.1, -0.05) is 19.9 Å². The van der Waals surface area contributed by atoms with Gasteiger partial charge in [0.15, 0.2) is 9.84 Å². The second-order valence-corrected chi connectivity index (χ2v) is 8.57. The van der Waals surface area contributed by atoms with Crippen LogP contribution in [0, 0.1) is 18.8 Å². The third-order valence-corrected chi connectivity index (χ3v) is 6.63. The van der Waals surface area contributed by atoms with Crippen LogP contribution in [0.1, 0.15) is 49.0 Å². The molecular weight excluding hydrogens is 288 g/mol. The average Bonchev–Trinajstić information content (AvgIpc) is 2.37. The zero-order chi connectivity index (χ0) is 15.8. The number of rotatable bonds is 3. The molecule has 0 amide bonds. The molecule has 0 radical (unpaired) electrons. The molecule has 1 saturated carbocycles. The van der Waals surface area contributed by atoms with Crippen molar-refractivity contribution in [3.05, 3.63) is 29.3 Å². The molecule has 0 spiro atoms. The lowest BCUT2D eigenvalue weighted by Gasteiger charge is -2.31. The summed E-state index contributed by atoms with van der Waals surface area (Å²) in [7, 11) is -3.48. The number of carbonyl (C=O) groups is 1. The standard InChI is InChI=1S/C16H22O4S/c1-10-6-11(2)8-14(7-10)21(19,20)15-9-13(16(17)18)5-4-12(15)3/h4-5,9-11,14H,6-8H2,1-3H3,(H,17,18). The van der Waals surface area contributed by atoms with Crippen LogP contribution in [0.15, 0.2) is 23.1 Å². The maximum Gasteiger partial charge on any atom is 0.335 e. The van der Waals surface area contributed by atoms with Gasteiger partial charge in [0.25, 0.3) is 0 Å². The highest BCUT2D eigenvalue weighted by molar-refractivity contribution is 7.92. The Hall–Kier alpha value is -1.36. The first-order chi connectivity index (χ1) is 9.71. The zero-order valence-electron chi connectivity index (χ0n) is 12.7. The maximum atomic E-state index is 12.9. The molecule has 2 rings (SSSR count). The van der Waals surface area contributed by atoms with Crippen molar-refractivity contribution in [2.24, 2.45) is 11.8 Å². The van der Waals surface area contributed by atoms with E-state index in [9.17, 15) is 13.2 Å². The highest BCUT2D eigenvalue weighted by Crippen LogP contribution is 2.36. The van der Waals surface area contributed by atoms with Crippen molar-refractivity contribution in [3.8, 4) is 0 Å². The molecule has 1 aliphatic carbocycles. The van der Waals surface area contributed by atoms with Crippen LogP contribution in [0.5, 0.6) is 0 Å². The van der Waals surface area contributed by atoms with Gasteiger partial charge in [0.05, 0.1) is 15.7 Å². The van der Waals surface area contributed by atoms with E-state index in [2.05, 4.69) is 13.8 Å². The molecule has 116 valence electrons. The Morgan fingerprint density at radius 1 is 1.14 bits per heavy atom. The fraction of sp³-hybridized carbons (Fsp3) is 0.562. The Labute approximate surface area is 126 Å². The molecule has 0 bridgehead atoms. The Morgan fingerprint density at radius 2 is 1.71 bits per heavy atom. The Balaban J connectivity index is 2.44. The Bertz CT molecular complexity index is 638. The van der Waals surface area contributed by atoms with E-state index >= 15 is 0 Å². The minimum Gasteiger partial charge on any atom is -0.478 e. The van der Waals surface area contributed by atoms with E-state index in [4.69, 9.17) is 5.11 Å². The summed E-state index contributed by atoms with van der Waals surface area (Å²) >= 11 is 0. The monoisotopic (exact) mass is 310 g/mol. The van der Waals surface area contributed by atoms with Crippen LogP contribution in [0.3, 0.4) is 0 Å². The molecule has 0 aromatic heterocycles. The normalized spacial score (nSPS) is 26.5. The van der Waals surface area contributed by atoms with Gasteiger partial charge in [0.2, 0.25) is 0 Å². The molecule has 0 aliphatic heterocycles. The van der Waals surface area contributed by atoms with Crippen LogP contribution in [0.4, 0.5) is 0 Å². The van der Waals surface area contributed by atoms with Crippen molar-refractivity contribution in [3.63, 3.8) is 0 Å². The number of aromatic carboxylic acids is 1. The van der Waals surface area contributed by atoms with Crippen LogP contribution in [-0.4, -0.2) is 24.7 Å². The molecule has 4 nitrogen and oxygen atoms in total. The first-order valence-electron chi connectivity index (χ1n) is 7.29. The Kier molecular flexibility index (Phi) is 4.42. The fourth-order valence-corrected chi connectivity index (χ4v) is 5.68. The van der Waals surface area contributed by atoms with E-state index in [0.29, 0.717) is 30.2 Å². The van der Waals surface area contributed by atoms with E-state index in [0.717, 1.165) is 6.42 Å². The smallest absolute Gasteiger partial charge is 0.335 e. The van der Waals surface area contributed by atoms with Gasteiger partial charge < -0.3 is 5.11 Å². The molecular formula is C16H22O4S. The molecule has 1 fully saturated rings. The van der Waals surface area contributed by atoms with E-state index in [1.165, 1.54) is 12.1 Å². The van der Waals surface area contributed by atoms with Crippen LogP contribution in [-0.2, 0) is 9.84 Å². The summed E-state index contributed by atoms with van der Waals surface area (Å²) in [6.07, 6.45) is 2.37. The van der Waals surface area contributed by atoms with Gasteiger partial charge in [-0.2, -0.15) is 0 Å². The molecule has 21 heavy (non-hydrogen) atoms. The summed E-state index contributed by atoms with van der Waals surface area (Å²) in [5.41, 5.74) is 0.641. The van der Waals surface area contributed by atoms with Crippen LogP contribution in [0.2, 0.25) is 0 Å². The summed E-state index contributed by atoms with van der Waals surface area (Å²) in [5.74, 6) is -0.329. The Morgan fingerprint density at radius 3 is 2.24 bits per heavy atom. The highest BCUT2D eigenvalue weighted by atomic mass is 32.2. The lowest BCUT2D eigenvalue weighted by Crippen LogP contribution is -2.31. The van der Waals surface area contributed by atoms with Gasteiger partial charge in [-0.3, -0.25) is 0 Å². The molecule has 1 N–H and O–H groups in total. The third-order valence-electron chi connectivity index (χ3n) is 4.32. The van der Waals surface area contributed by atoms with Crippen molar-refractivity contribution in [1.82, 2.24) is 0 Å². The summed E-state index contributed by atoms with van der Waals surface area (Å²) in [6.45, 7) is 5.88. The maximum absolute atomic E-state index is 12.9. The van der Waals surface area contributed by atoms with Crippen molar-refractivity contribution >= 4 is 15.8 Å². The third kappa shape index (κ3) is 3.28. The van der Waals surface area contributed by atoms with Gasteiger partial charge >= 0.3 is 5.97 Å². The summed E-state index contributed by atoms with van der Waals surface area (Å²) < 4.78 is 25.8. The number of aryl methyl sites for hydroxylation is 1. The number of sulfone groups is 1. The van der Waals surface area contributed by atoms with Gasteiger partial charge in [0, 0.05) is 0 Å². The number of hydrogen-bond acceptors (Lipinski definition) is 3. The van der Waals surface area contributed by atoms with Gasteiger partial charge in [-0.25, -0.2) is 13.2 Å². The minimum atomic E-state index is -3.48. The summed E-state index contributed by atoms with van der Waals surface area (Å²) in [5, 5.41) is 8.66. The average molecular weight is 310 g/mol. The largest absolute Gasteiger partial charge is 0.478 e.